The lowest BCUT2D eigenvalue weighted by molar-refractivity contribution is 0.112. The lowest BCUT2D eigenvalue weighted by atomic mass is 9.85. The SMILES string of the molecule is CCn1c(C(O)(c2ccccc2)c2ccccc2)nc2ccc(C#N)cc21. The van der Waals surface area contributed by atoms with Crippen LogP contribution < -0.4 is 0 Å². The summed E-state index contributed by atoms with van der Waals surface area (Å²) in [7, 11) is 0. The van der Waals surface area contributed by atoms with Crippen LogP contribution in [0.2, 0.25) is 0 Å². The molecule has 27 heavy (non-hydrogen) atoms. The van der Waals surface area contributed by atoms with Crippen molar-refractivity contribution in [2.24, 2.45) is 0 Å². The van der Waals surface area contributed by atoms with Gasteiger partial charge in [0.1, 0.15) is 0 Å². The number of aliphatic hydroxyl groups is 1. The van der Waals surface area contributed by atoms with E-state index in [-0.39, 0.29) is 0 Å². The highest BCUT2D eigenvalue weighted by molar-refractivity contribution is 5.78. The highest BCUT2D eigenvalue weighted by atomic mass is 16.3. The summed E-state index contributed by atoms with van der Waals surface area (Å²) < 4.78 is 1.98. The van der Waals surface area contributed by atoms with Gasteiger partial charge in [0.05, 0.1) is 22.7 Å². The Morgan fingerprint density at radius 1 is 0.963 bits per heavy atom. The first-order valence-corrected chi connectivity index (χ1v) is 8.92. The van der Waals surface area contributed by atoms with E-state index in [1.165, 1.54) is 0 Å². The molecular weight excluding hydrogens is 334 g/mol. The van der Waals surface area contributed by atoms with E-state index >= 15 is 0 Å². The fourth-order valence-corrected chi connectivity index (χ4v) is 3.57. The van der Waals surface area contributed by atoms with Gasteiger partial charge in [0.25, 0.3) is 0 Å². The van der Waals surface area contributed by atoms with Crippen LogP contribution in [0.25, 0.3) is 11.0 Å². The topological polar surface area (TPSA) is 61.8 Å². The summed E-state index contributed by atoms with van der Waals surface area (Å²) in [5, 5.41) is 21.3. The lowest BCUT2D eigenvalue weighted by Crippen LogP contribution is -2.32. The number of fused-ring (bicyclic) bond motifs is 1. The van der Waals surface area contributed by atoms with Gasteiger partial charge in [0.15, 0.2) is 11.4 Å². The van der Waals surface area contributed by atoms with E-state index in [0.29, 0.717) is 17.9 Å². The lowest BCUT2D eigenvalue weighted by Gasteiger charge is -2.29. The molecule has 0 saturated carbocycles. The van der Waals surface area contributed by atoms with Crippen molar-refractivity contribution in [3.8, 4) is 6.07 Å². The average molecular weight is 353 g/mol. The second-order valence-corrected chi connectivity index (χ2v) is 6.44. The minimum absolute atomic E-state index is 0.549. The van der Waals surface area contributed by atoms with Crippen LogP contribution in [-0.2, 0) is 12.1 Å². The fraction of sp³-hybridized carbons (Fsp3) is 0.130. The van der Waals surface area contributed by atoms with Gasteiger partial charge in [-0.25, -0.2) is 4.98 Å². The van der Waals surface area contributed by atoms with Crippen molar-refractivity contribution in [3.63, 3.8) is 0 Å². The highest BCUT2D eigenvalue weighted by Crippen LogP contribution is 2.37. The van der Waals surface area contributed by atoms with Crippen molar-refractivity contribution < 1.29 is 5.11 Å². The molecule has 1 aromatic heterocycles. The molecule has 0 spiro atoms. The van der Waals surface area contributed by atoms with Crippen LogP contribution >= 0.6 is 0 Å². The summed E-state index contributed by atoms with van der Waals surface area (Å²) in [5.41, 5.74) is 2.28. The summed E-state index contributed by atoms with van der Waals surface area (Å²) in [4.78, 5) is 4.79. The minimum atomic E-state index is -1.40. The van der Waals surface area contributed by atoms with Crippen molar-refractivity contribution in [2.45, 2.75) is 19.1 Å². The van der Waals surface area contributed by atoms with Crippen LogP contribution in [0.15, 0.2) is 78.9 Å². The Morgan fingerprint density at radius 3 is 2.07 bits per heavy atom. The van der Waals surface area contributed by atoms with Crippen molar-refractivity contribution >= 4 is 11.0 Å². The summed E-state index contributed by atoms with van der Waals surface area (Å²) in [6.07, 6.45) is 0. The molecule has 0 fully saturated rings. The quantitative estimate of drug-likeness (QED) is 0.598. The molecule has 4 nitrogen and oxygen atoms in total. The Morgan fingerprint density at radius 2 is 1.56 bits per heavy atom. The van der Waals surface area contributed by atoms with Crippen molar-refractivity contribution in [2.75, 3.05) is 0 Å². The Bertz CT molecular complexity index is 1090. The maximum atomic E-state index is 12.0. The van der Waals surface area contributed by atoms with Crippen molar-refractivity contribution in [3.05, 3.63) is 101 Å². The van der Waals surface area contributed by atoms with Gasteiger partial charge < -0.3 is 9.67 Å². The molecule has 3 aromatic carbocycles. The number of nitriles is 1. The summed E-state index contributed by atoms with van der Waals surface area (Å²) >= 11 is 0. The predicted octanol–water partition coefficient (Wildman–Crippen LogP) is 4.21. The van der Waals surface area contributed by atoms with Gasteiger partial charge in [-0.15, -0.1) is 0 Å². The first-order chi connectivity index (χ1) is 13.2. The van der Waals surface area contributed by atoms with E-state index < -0.39 is 5.60 Å². The van der Waals surface area contributed by atoms with Crippen LogP contribution in [-0.4, -0.2) is 14.7 Å². The number of benzene rings is 3. The van der Waals surface area contributed by atoms with Crippen LogP contribution in [0, 0.1) is 11.3 Å². The van der Waals surface area contributed by atoms with Crippen LogP contribution in [0.5, 0.6) is 0 Å². The van der Waals surface area contributed by atoms with Gasteiger partial charge >= 0.3 is 0 Å². The molecule has 0 amide bonds. The van der Waals surface area contributed by atoms with Gasteiger partial charge in [0, 0.05) is 6.54 Å². The van der Waals surface area contributed by atoms with Crippen molar-refractivity contribution in [1.29, 1.82) is 5.26 Å². The van der Waals surface area contributed by atoms with Gasteiger partial charge in [-0.1, -0.05) is 60.7 Å². The standard InChI is InChI=1S/C23H19N3O/c1-2-26-21-15-17(16-24)13-14-20(21)25-22(26)23(27,18-9-5-3-6-10-18)19-11-7-4-8-12-19/h3-15,27H,2H2,1H3. The molecule has 4 rings (SSSR count). The third-order valence-corrected chi connectivity index (χ3v) is 4.90. The number of aryl methyl sites for hydroxylation is 1. The maximum absolute atomic E-state index is 12.0. The number of hydrogen-bond acceptors (Lipinski definition) is 3. The third kappa shape index (κ3) is 2.69. The molecule has 0 saturated heterocycles. The summed E-state index contributed by atoms with van der Waals surface area (Å²) in [6.45, 7) is 2.64. The molecule has 0 atom stereocenters. The predicted molar refractivity (Wildman–Crippen MR) is 105 cm³/mol. The number of nitrogens with zero attached hydrogens (tertiary/aromatic N) is 3. The Labute approximate surface area is 158 Å². The molecule has 0 aliphatic rings. The van der Waals surface area contributed by atoms with Crippen LogP contribution in [0.3, 0.4) is 0 Å². The number of imidazole rings is 1. The molecule has 0 aliphatic heterocycles. The summed E-state index contributed by atoms with van der Waals surface area (Å²) in [6, 6.07) is 26.7. The number of aromatic nitrogens is 2. The molecule has 0 aliphatic carbocycles. The third-order valence-electron chi connectivity index (χ3n) is 4.90. The molecule has 0 bridgehead atoms. The van der Waals surface area contributed by atoms with Crippen LogP contribution in [0.1, 0.15) is 29.4 Å². The summed E-state index contributed by atoms with van der Waals surface area (Å²) in [5.74, 6) is 0.549. The first kappa shape index (κ1) is 17.0. The molecule has 4 aromatic rings. The van der Waals surface area contributed by atoms with Crippen LogP contribution in [0.4, 0.5) is 0 Å². The molecule has 1 heterocycles. The van der Waals surface area contributed by atoms with E-state index in [9.17, 15) is 10.4 Å². The zero-order chi connectivity index (χ0) is 18.9. The second kappa shape index (κ2) is 6.71. The van der Waals surface area contributed by atoms with Gasteiger partial charge in [-0.05, 0) is 36.2 Å². The fourth-order valence-electron chi connectivity index (χ4n) is 3.57. The number of rotatable bonds is 4. The molecule has 0 unspecified atom stereocenters. The second-order valence-electron chi connectivity index (χ2n) is 6.44. The molecule has 0 radical (unpaired) electrons. The zero-order valence-corrected chi connectivity index (χ0v) is 15.0. The average Bonchev–Trinajstić information content (AvgIpc) is 3.12. The van der Waals surface area contributed by atoms with E-state index in [1.807, 2.05) is 84.3 Å². The van der Waals surface area contributed by atoms with Gasteiger partial charge in [-0.2, -0.15) is 5.26 Å². The largest absolute Gasteiger partial charge is 0.373 e. The van der Waals surface area contributed by atoms with E-state index in [1.54, 1.807) is 6.07 Å². The van der Waals surface area contributed by atoms with Crippen molar-refractivity contribution in [1.82, 2.24) is 9.55 Å². The Hall–Kier alpha value is -3.42. The minimum Gasteiger partial charge on any atom is -0.373 e. The number of hydrogen-bond donors (Lipinski definition) is 1. The molecular formula is C23H19N3O. The van der Waals surface area contributed by atoms with E-state index in [4.69, 9.17) is 4.98 Å². The Kier molecular flexibility index (Phi) is 4.23. The van der Waals surface area contributed by atoms with E-state index in [0.717, 1.165) is 22.2 Å². The molecule has 4 heteroatoms. The normalized spacial score (nSPS) is 11.4. The van der Waals surface area contributed by atoms with E-state index in [2.05, 4.69) is 6.07 Å². The zero-order valence-electron chi connectivity index (χ0n) is 15.0. The molecule has 1 N–H and O–H groups in total. The highest BCUT2D eigenvalue weighted by Gasteiger charge is 2.38. The first-order valence-electron chi connectivity index (χ1n) is 8.92. The van der Waals surface area contributed by atoms with Gasteiger partial charge in [0.2, 0.25) is 0 Å². The smallest absolute Gasteiger partial charge is 0.173 e. The Balaban J connectivity index is 2.06. The molecule has 132 valence electrons. The van der Waals surface area contributed by atoms with Gasteiger partial charge in [-0.3, -0.25) is 0 Å². The maximum Gasteiger partial charge on any atom is 0.173 e. The monoisotopic (exact) mass is 353 g/mol.